The van der Waals surface area contributed by atoms with Crippen LogP contribution in [-0.2, 0) is 15.3 Å². The zero-order valence-electron chi connectivity index (χ0n) is 20.0. The second kappa shape index (κ2) is 7.41. The van der Waals surface area contributed by atoms with Gasteiger partial charge in [0.15, 0.2) is 10.9 Å². The molecule has 7 atom stereocenters. The van der Waals surface area contributed by atoms with Crippen molar-refractivity contribution >= 4 is 22.7 Å². The van der Waals surface area contributed by atoms with Crippen LogP contribution in [0.25, 0.3) is 0 Å². The molecule has 0 aliphatic heterocycles. The summed E-state index contributed by atoms with van der Waals surface area (Å²) in [5.41, 5.74) is 2.83. The summed E-state index contributed by atoms with van der Waals surface area (Å²) in [4.78, 5) is 30.3. The number of carbonyl (C=O) groups excluding carboxylic acids is 2. The molecule has 4 saturated carbocycles. The maximum Gasteiger partial charge on any atom is 0.193 e. The predicted octanol–water partition coefficient (Wildman–Crippen LogP) is 6.40. The highest BCUT2D eigenvalue weighted by molar-refractivity contribution is 8.13. The molecular formula is C29H35NO2S. The van der Waals surface area contributed by atoms with Crippen molar-refractivity contribution in [1.82, 2.24) is 4.98 Å². The molecule has 33 heavy (non-hydrogen) atoms. The molecule has 1 aromatic heterocycles. The molecule has 3 nitrogen and oxygen atoms in total. The summed E-state index contributed by atoms with van der Waals surface area (Å²) < 4.78 is 0. The number of ketones is 1. The van der Waals surface area contributed by atoms with Crippen LogP contribution in [0.2, 0.25) is 0 Å². The van der Waals surface area contributed by atoms with Crippen molar-refractivity contribution in [2.24, 2.45) is 45.8 Å². The molecule has 6 rings (SSSR count). The van der Waals surface area contributed by atoms with Gasteiger partial charge < -0.3 is 0 Å². The quantitative estimate of drug-likeness (QED) is 0.522. The number of hydrogen-bond donors (Lipinski definition) is 0. The highest BCUT2D eigenvalue weighted by Gasteiger charge is 2.71. The van der Waals surface area contributed by atoms with Crippen molar-refractivity contribution in [3.05, 3.63) is 53.9 Å². The Bertz CT molecular complexity index is 1060. The van der Waals surface area contributed by atoms with Gasteiger partial charge in [0.25, 0.3) is 0 Å². The topological polar surface area (TPSA) is 47.0 Å². The lowest BCUT2D eigenvalue weighted by Crippen LogP contribution is -2.55. The molecule has 1 spiro atoms. The van der Waals surface area contributed by atoms with Crippen LogP contribution >= 0.6 is 11.8 Å². The maximum absolute atomic E-state index is 13.7. The monoisotopic (exact) mass is 461 g/mol. The Morgan fingerprint density at radius 3 is 2.79 bits per heavy atom. The zero-order valence-corrected chi connectivity index (χ0v) is 20.9. The minimum Gasteiger partial charge on any atom is -0.290 e. The van der Waals surface area contributed by atoms with Gasteiger partial charge in [-0.25, -0.2) is 0 Å². The van der Waals surface area contributed by atoms with Crippen LogP contribution in [0.4, 0.5) is 0 Å². The van der Waals surface area contributed by atoms with E-state index in [4.69, 9.17) is 0 Å². The minimum absolute atomic E-state index is 0.0215. The van der Waals surface area contributed by atoms with Crippen LogP contribution in [-0.4, -0.2) is 15.9 Å². The minimum atomic E-state index is 0.0215. The van der Waals surface area contributed by atoms with E-state index in [-0.39, 0.29) is 22.5 Å². The standard InChI is InChI=1S/C29H35NO2S/c1-18-14-23-22-8-7-19-15-21(31)9-10-27(19,2)25(22)29(11-12-29)17-28(23,3)24(18)26(32)33-16-20-6-4-5-13-30-20/h4-6,9-10,13,15,18,22-25H,7-8,11-12,14,16-17H2,1-3H3/t18-,22?,23?,24?,25?,27?,28?/m1/s1. The lowest BCUT2D eigenvalue weighted by molar-refractivity contribution is -0.127. The molecule has 4 heteroatoms. The van der Waals surface area contributed by atoms with Gasteiger partial charge in [-0.2, -0.15) is 0 Å². The summed E-state index contributed by atoms with van der Waals surface area (Å²) in [6.45, 7) is 7.21. The van der Waals surface area contributed by atoms with Gasteiger partial charge in [0.1, 0.15) is 0 Å². The van der Waals surface area contributed by atoms with Crippen LogP contribution < -0.4 is 0 Å². The lowest BCUT2D eigenvalue weighted by atomic mass is 9.43. The van der Waals surface area contributed by atoms with Crippen molar-refractivity contribution in [3.8, 4) is 0 Å². The zero-order chi connectivity index (χ0) is 23.0. The average Bonchev–Trinajstić information content (AvgIpc) is 3.48. The van der Waals surface area contributed by atoms with Crippen LogP contribution in [0.5, 0.6) is 0 Å². The fourth-order valence-electron chi connectivity index (χ4n) is 9.17. The van der Waals surface area contributed by atoms with Crippen molar-refractivity contribution < 1.29 is 9.59 Å². The van der Waals surface area contributed by atoms with Gasteiger partial charge in [0, 0.05) is 23.3 Å². The molecule has 5 aliphatic carbocycles. The summed E-state index contributed by atoms with van der Waals surface area (Å²) in [5.74, 6) is 3.30. The number of nitrogens with zero attached hydrogens (tertiary/aromatic N) is 1. The van der Waals surface area contributed by atoms with E-state index in [1.165, 1.54) is 49.4 Å². The molecule has 0 saturated heterocycles. The number of thioether (sulfide) groups is 1. The number of aromatic nitrogens is 1. The SMILES string of the molecule is C[C@@H]1CC2C3CCC4=CC(=O)C=CC4(C)C3C3(CC3)CC2(C)C1C(=O)SCc1ccccn1. The Morgan fingerprint density at radius 2 is 2.06 bits per heavy atom. The number of hydrogen-bond acceptors (Lipinski definition) is 4. The van der Waals surface area contributed by atoms with Gasteiger partial charge in [0.2, 0.25) is 0 Å². The fraction of sp³-hybridized carbons (Fsp3) is 0.621. The molecule has 1 aromatic rings. The maximum atomic E-state index is 13.7. The van der Waals surface area contributed by atoms with E-state index in [1.807, 2.05) is 36.5 Å². The van der Waals surface area contributed by atoms with Crippen LogP contribution in [0.3, 0.4) is 0 Å². The van der Waals surface area contributed by atoms with Crippen LogP contribution in [0, 0.1) is 45.8 Å². The molecule has 0 N–H and O–H groups in total. The van der Waals surface area contributed by atoms with Crippen molar-refractivity contribution in [3.63, 3.8) is 0 Å². The highest BCUT2D eigenvalue weighted by atomic mass is 32.2. The van der Waals surface area contributed by atoms with Crippen molar-refractivity contribution in [2.75, 3.05) is 0 Å². The Balaban J connectivity index is 1.30. The average molecular weight is 462 g/mol. The van der Waals surface area contributed by atoms with E-state index in [9.17, 15) is 9.59 Å². The van der Waals surface area contributed by atoms with E-state index in [0.29, 0.717) is 40.0 Å². The first-order valence-corrected chi connectivity index (χ1v) is 13.8. The molecule has 0 aromatic carbocycles. The van der Waals surface area contributed by atoms with Crippen molar-refractivity contribution in [1.29, 1.82) is 0 Å². The molecule has 174 valence electrons. The third-order valence-electron chi connectivity index (χ3n) is 10.3. The first-order chi connectivity index (χ1) is 15.8. The molecule has 1 heterocycles. The Morgan fingerprint density at radius 1 is 1.24 bits per heavy atom. The Kier molecular flexibility index (Phi) is 4.90. The van der Waals surface area contributed by atoms with Crippen LogP contribution in [0.15, 0.2) is 48.2 Å². The van der Waals surface area contributed by atoms with Gasteiger partial charge in [0.05, 0.1) is 5.69 Å². The largest absolute Gasteiger partial charge is 0.290 e. The van der Waals surface area contributed by atoms with Gasteiger partial charge in [-0.05, 0) is 97.3 Å². The van der Waals surface area contributed by atoms with Crippen molar-refractivity contribution in [2.45, 2.75) is 65.0 Å². The normalized spacial score (nSPS) is 42.3. The summed E-state index contributed by atoms with van der Waals surface area (Å²) in [7, 11) is 0. The third kappa shape index (κ3) is 3.19. The second-order valence-corrected chi connectivity index (χ2v) is 13.1. The Hall–Kier alpha value is -1.68. The number of allylic oxidation sites excluding steroid dienone is 4. The van der Waals surface area contributed by atoms with Crippen LogP contribution in [0.1, 0.15) is 65.0 Å². The predicted molar refractivity (Wildman–Crippen MR) is 132 cm³/mol. The van der Waals surface area contributed by atoms with Gasteiger partial charge in [-0.15, -0.1) is 0 Å². The molecule has 5 aliphatic rings. The Labute approximate surface area is 201 Å². The molecule has 0 radical (unpaired) electrons. The molecule has 4 fully saturated rings. The van der Waals surface area contributed by atoms with Gasteiger partial charge >= 0.3 is 0 Å². The molecule has 0 bridgehead atoms. The van der Waals surface area contributed by atoms with E-state index in [0.717, 1.165) is 12.1 Å². The van der Waals surface area contributed by atoms with E-state index < -0.39 is 0 Å². The smallest absolute Gasteiger partial charge is 0.193 e. The highest BCUT2D eigenvalue weighted by Crippen LogP contribution is 2.78. The third-order valence-corrected chi connectivity index (χ3v) is 11.3. The van der Waals surface area contributed by atoms with E-state index >= 15 is 0 Å². The summed E-state index contributed by atoms with van der Waals surface area (Å²) in [6, 6.07) is 5.95. The number of carbonyl (C=O) groups is 2. The molecule has 6 unspecified atom stereocenters. The number of rotatable bonds is 3. The molecule has 0 amide bonds. The summed E-state index contributed by atoms with van der Waals surface area (Å²) >= 11 is 1.49. The second-order valence-electron chi connectivity index (χ2n) is 12.1. The fourth-order valence-corrected chi connectivity index (χ4v) is 10.3. The molecular weight excluding hydrogens is 426 g/mol. The van der Waals surface area contributed by atoms with E-state index in [1.54, 1.807) is 0 Å². The number of fused-ring (bicyclic) bond motifs is 6. The first kappa shape index (κ1) is 21.8. The van der Waals surface area contributed by atoms with Gasteiger partial charge in [-0.1, -0.05) is 50.2 Å². The summed E-state index contributed by atoms with van der Waals surface area (Å²) in [6.07, 6.45) is 15.0. The van der Waals surface area contributed by atoms with Gasteiger partial charge in [-0.3, -0.25) is 14.6 Å². The van der Waals surface area contributed by atoms with E-state index in [2.05, 4.69) is 31.8 Å². The summed E-state index contributed by atoms with van der Waals surface area (Å²) in [5, 5.41) is 0.387. The first-order valence-electron chi connectivity index (χ1n) is 12.8. The number of pyridine rings is 1. The lowest BCUT2D eigenvalue weighted by Gasteiger charge is -2.60.